The molecule has 0 saturated heterocycles. The minimum Gasteiger partial charge on any atom is -0.376 e. The minimum absolute atomic E-state index is 0.170. The van der Waals surface area contributed by atoms with Crippen LogP contribution in [-0.4, -0.2) is 31.3 Å². The van der Waals surface area contributed by atoms with Crippen LogP contribution in [0.2, 0.25) is 0 Å². The zero-order valence-electron chi connectivity index (χ0n) is 12.4. The van der Waals surface area contributed by atoms with E-state index in [0.717, 1.165) is 11.3 Å². The van der Waals surface area contributed by atoms with Crippen LogP contribution in [0.5, 0.6) is 0 Å². The quantitative estimate of drug-likeness (QED) is 0.713. The standard InChI is InChI=1S/C15H24N2O3/c1-11(2)19-8-9-20-12(3)15(18)17-14-6-4-13(10-16)5-7-14/h4-7,11-12H,8-10,16H2,1-3H3,(H,17,18). The summed E-state index contributed by atoms with van der Waals surface area (Å²) in [6.07, 6.45) is -0.344. The van der Waals surface area contributed by atoms with Gasteiger partial charge >= 0.3 is 0 Å². The summed E-state index contributed by atoms with van der Waals surface area (Å²) in [5.41, 5.74) is 7.28. The summed E-state index contributed by atoms with van der Waals surface area (Å²) in [6.45, 7) is 7.02. The molecule has 5 heteroatoms. The molecular formula is C15H24N2O3. The molecule has 0 saturated carbocycles. The Bertz CT molecular complexity index is 404. The number of nitrogens with two attached hydrogens (primary N) is 1. The predicted octanol–water partition coefficient (Wildman–Crippen LogP) is 1.91. The van der Waals surface area contributed by atoms with Gasteiger partial charge in [0.05, 0.1) is 19.3 Å². The van der Waals surface area contributed by atoms with Crippen LogP contribution in [0, 0.1) is 0 Å². The number of hydrogen-bond acceptors (Lipinski definition) is 4. The topological polar surface area (TPSA) is 73.6 Å². The lowest BCUT2D eigenvalue weighted by atomic mass is 10.2. The maximum Gasteiger partial charge on any atom is 0.253 e. The number of rotatable bonds is 8. The van der Waals surface area contributed by atoms with Gasteiger partial charge in [-0.1, -0.05) is 12.1 Å². The van der Waals surface area contributed by atoms with Gasteiger partial charge < -0.3 is 20.5 Å². The van der Waals surface area contributed by atoms with Crippen molar-refractivity contribution >= 4 is 11.6 Å². The van der Waals surface area contributed by atoms with Crippen LogP contribution in [-0.2, 0) is 20.8 Å². The first kappa shape index (κ1) is 16.6. The molecule has 1 aromatic rings. The SMILES string of the molecule is CC(C)OCCOC(C)C(=O)Nc1ccc(CN)cc1. The molecular weight excluding hydrogens is 256 g/mol. The summed E-state index contributed by atoms with van der Waals surface area (Å²) in [4.78, 5) is 11.9. The summed E-state index contributed by atoms with van der Waals surface area (Å²) in [6, 6.07) is 7.43. The fourth-order valence-electron chi connectivity index (χ4n) is 1.55. The summed E-state index contributed by atoms with van der Waals surface area (Å²) in [5.74, 6) is -0.171. The second kappa shape index (κ2) is 8.68. The lowest BCUT2D eigenvalue weighted by Crippen LogP contribution is -2.29. The van der Waals surface area contributed by atoms with Gasteiger partial charge in [-0.15, -0.1) is 0 Å². The maximum absolute atomic E-state index is 11.9. The van der Waals surface area contributed by atoms with Gasteiger partial charge in [0.25, 0.3) is 5.91 Å². The van der Waals surface area contributed by atoms with E-state index in [4.69, 9.17) is 15.2 Å². The zero-order chi connectivity index (χ0) is 15.0. The smallest absolute Gasteiger partial charge is 0.253 e. The number of carbonyl (C=O) groups is 1. The van der Waals surface area contributed by atoms with E-state index in [9.17, 15) is 4.79 Å². The monoisotopic (exact) mass is 280 g/mol. The van der Waals surface area contributed by atoms with Crippen LogP contribution in [0.25, 0.3) is 0 Å². The highest BCUT2D eigenvalue weighted by Crippen LogP contribution is 2.10. The molecule has 0 aromatic heterocycles. The van der Waals surface area contributed by atoms with Crippen LogP contribution in [0.15, 0.2) is 24.3 Å². The van der Waals surface area contributed by atoms with Gasteiger partial charge in [-0.2, -0.15) is 0 Å². The number of hydrogen-bond donors (Lipinski definition) is 2. The van der Waals surface area contributed by atoms with E-state index in [2.05, 4.69) is 5.32 Å². The molecule has 0 fully saturated rings. The van der Waals surface area contributed by atoms with E-state index in [1.54, 1.807) is 6.92 Å². The second-order valence-electron chi connectivity index (χ2n) is 4.82. The summed E-state index contributed by atoms with van der Waals surface area (Å²) < 4.78 is 10.8. The maximum atomic E-state index is 11.9. The largest absolute Gasteiger partial charge is 0.376 e. The number of carbonyl (C=O) groups excluding carboxylic acids is 1. The fourth-order valence-corrected chi connectivity index (χ4v) is 1.55. The Balaban J connectivity index is 2.33. The Kier molecular flexibility index (Phi) is 7.22. The molecule has 0 heterocycles. The molecule has 0 spiro atoms. The van der Waals surface area contributed by atoms with Gasteiger partial charge in [0.1, 0.15) is 6.10 Å². The first-order valence-electron chi connectivity index (χ1n) is 6.86. The van der Waals surface area contributed by atoms with Crippen molar-refractivity contribution in [2.75, 3.05) is 18.5 Å². The molecule has 3 N–H and O–H groups in total. The van der Waals surface area contributed by atoms with E-state index < -0.39 is 6.10 Å². The van der Waals surface area contributed by atoms with E-state index in [0.29, 0.717) is 19.8 Å². The molecule has 0 bridgehead atoms. The van der Waals surface area contributed by atoms with Crippen molar-refractivity contribution in [2.45, 2.75) is 39.5 Å². The molecule has 1 unspecified atom stereocenters. The lowest BCUT2D eigenvalue weighted by Gasteiger charge is -2.14. The third-order valence-electron chi connectivity index (χ3n) is 2.73. The molecule has 0 radical (unpaired) electrons. The molecule has 1 atom stereocenters. The number of benzene rings is 1. The molecule has 1 rings (SSSR count). The number of amides is 1. The molecule has 0 aliphatic heterocycles. The highest BCUT2D eigenvalue weighted by atomic mass is 16.5. The van der Waals surface area contributed by atoms with Crippen molar-refractivity contribution in [1.82, 2.24) is 0 Å². The minimum atomic E-state index is -0.514. The third kappa shape index (κ3) is 6.14. The summed E-state index contributed by atoms with van der Waals surface area (Å²) >= 11 is 0. The Morgan fingerprint density at radius 3 is 2.30 bits per heavy atom. The van der Waals surface area contributed by atoms with Gasteiger partial charge in [-0.25, -0.2) is 0 Å². The average molecular weight is 280 g/mol. The summed E-state index contributed by atoms with van der Waals surface area (Å²) in [5, 5.41) is 2.80. The highest BCUT2D eigenvalue weighted by molar-refractivity contribution is 5.93. The van der Waals surface area contributed by atoms with Gasteiger partial charge in [0.2, 0.25) is 0 Å². The van der Waals surface area contributed by atoms with Crippen LogP contribution < -0.4 is 11.1 Å². The van der Waals surface area contributed by atoms with Crippen molar-refractivity contribution in [3.8, 4) is 0 Å². The van der Waals surface area contributed by atoms with Gasteiger partial charge in [0, 0.05) is 12.2 Å². The molecule has 5 nitrogen and oxygen atoms in total. The van der Waals surface area contributed by atoms with Crippen molar-refractivity contribution in [3.63, 3.8) is 0 Å². The average Bonchev–Trinajstić information content (AvgIpc) is 2.44. The molecule has 1 aromatic carbocycles. The van der Waals surface area contributed by atoms with E-state index in [1.807, 2.05) is 38.1 Å². The second-order valence-corrected chi connectivity index (χ2v) is 4.82. The first-order valence-corrected chi connectivity index (χ1v) is 6.86. The molecule has 0 aliphatic rings. The van der Waals surface area contributed by atoms with Crippen LogP contribution in [0.1, 0.15) is 26.3 Å². The van der Waals surface area contributed by atoms with Crippen molar-refractivity contribution in [2.24, 2.45) is 5.73 Å². The fraction of sp³-hybridized carbons (Fsp3) is 0.533. The Morgan fingerprint density at radius 2 is 1.75 bits per heavy atom. The third-order valence-corrected chi connectivity index (χ3v) is 2.73. The normalized spacial score (nSPS) is 12.4. The summed E-state index contributed by atoms with van der Waals surface area (Å²) in [7, 11) is 0. The van der Waals surface area contributed by atoms with Crippen molar-refractivity contribution < 1.29 is 14.3 Å². The first-order chi connectivity index (χ1) is 9.52. The van der Waals surface area contributed by atoms with E-state index >= 15 is 0 Å². The number of anilines is 1. The van der Waals surface area contributed by atoms with Gasteiger partial charge in [0.15, 0.2) is 0 Å². The molecule has 20 heavy (non-hydrogen) atoms. The Morgan fingerprint density at radius 1 is 1.15 bits per heavy atom. The highest BCUT2D eigenvalue weighted by Gasteiger charge is 2.13. The van der Waals surface area contributed by atoms with Crippen LogP contribution in [0.3, 0.4) is 0 Å². The van der Waals surface area contributed by atoms with Crippen molar-refractivity contribution in [1.29, 1.82) is 0 Å². The molecule has 1 amide bonds. The molecule has 0 aliphatic carbocycles. The lowest BCUT2D eigenvalue weighted by molar-refractivity contribution is -0.127. The predicted molar refractivity (Wildman–Crippen MR) is 79.5 cm³/mol. The molecule has 112 valence electrons. The number of ether oxygens (including phenoxy) is 2. The van der Waals surface area contributed by atoms with Gasteiger partial charge in [-0.05, 0) is 38.5 Å². The van der Waals surface area contributed by atoms with Gasteiger partial charge in [-0.3, -0.25) is 4.79 Å². The van der Waals surface area contributed by atoms with Crippen LogP contribution >= 0.6 is 0 Å². The van der Waals surface area contributed by atoms with Crippen LogP contribution in [0.4, 0.5) is 5.69 Å². The zero-order valence-corrected chi connectivity index (χ0v) is 12.4. The van der Waals surface area contributed by atoms with E-state index in [-0.39, 0.29) is 12.0 Å². The Hall–Kier alpha value is -1.43. The Labute approximate surface area is 120 Å². The number of nitrogens with one attached hydrogen (secondary N) is 1. The van der Waals surface area contributed by atoms with Crippen molar-refractivity contribution in [3.05, 3.63) is 29.8 Å². The van der Waals surface area contributed by atoms with E-state index in [1.165, 1.54) is 0 Å².